The van der Waals surface area contributed by atoms with Crippen LogP contribution in [-0.4, -0.2) is 70.9 Å². The van der Waals surface area contributed by atoms with Crippen LogP contribution in [0, 0.1) is 35.8 Å². The number of benzene rings is 2. The number of likely N-dealkylation sites (tertiary alicyclic amines) is 1. The molecule has 1 saturated carbocycles. The summed E-state index contributed by atoms with van der Waals surface area (Å²) in [6.45, 7) is 5.46. The summed E-state index contributed by atoms with van der Waals surface area (Å²) < 4.78 is 54.1. The minimum atomic E-state index is -0.868. The number of methoxy groups -OCH3 is 2. The molecule has 10 nitrogen and oxygen atoms in total. The lowest BCUT2D eigenvalue weighted by molar-refractivity contribution is -0.146. The third-order valence-corrected chi connectivity index (χ3v) is 8.36. The van der Waals surface area contributed by atoms with E-state index in [-0.39, 0.29) is 53.4 Å². The van der Waals surface area contributed by atoms with Crippen LogP contribution < -0.4 is 4.74 Å². The number of halogens is 2. The van der Waals surface area contributed by atoms with E-state index in [1.165, 1.54) is 42.1 Å². The second-order valence-corrected chi connectivity index (χ2v) is 12.2. The number of hydrogen-bond acceptors (Lipinski definition) is 8. The number of fused-ring (bicyclic) bond motifs is 3. The molecule has 1 amide bonds. The van der Waals surface area contributed by atoms with Gasteiger partial charge in [-0.3, -0.25) is 14.6 Å². The van der Waals surface area contributed by atoms with Crippen LogP contribution in [-0.2, 0) is 26.1 Å². The Morgan fingerprint density at radius 1 is 1.18 bits per heavy atom. The number of hydrogen-bond donors (Lipinski definition) is 0. The summed E-state index contributed by atoms with van der Waals surface area (Å²) in [5, 5.41) is 5.98. The summed E-state index contributed by atoms with van der Waals surface area (Å²) in [4.78, 5) is 31.7. The van der Waals surface area contributed by atoms with Crippen LogP contribution in [0.5, 0.6) is 5.75 Å². The number of rotatable bonds is 6. The molecule has 6 rings (SSSR count). The van der Waals surface area contributed by atoms with Gasteiger partial charge >= 0.3 is 12.1 Å². The molecule has 3 heterocycles. The van der Waals surface area contributed by atoms with Crippen molar-refractivity contribution < 1.29 is 37.3 Å². The normalized spacial score (nSPS) is 20.6. The van der Waals surface area contributed by atoms with Crippen molar-refractivity contribution >= 4 is 33.7 Å². The summed E-state index contributed by atoms with van der Waals surface area (Å²) >= 11 is 0. The molecule has 2 unspecified atom stereocenters. The van der Waals surface area contributed by atoms with Gasteiger partial charge in [0.25, 0.3) is 0 Å². The molecule has 2 fully saturated rings. The third-order valence-electron chi connectivity index (χ3n) is 8.36. The van der Waals surface area contributed by atoms with Gasteiger partial charge in [0.15, 0.2) is 12.6 Å². The highest BCUT2D eigenvalue weighted by Gasteiger charge is 2.67. The molecule has 12 heteroatoms. The number of amides is 1. The molecular weight excluding hydrogens is 586 g/mol. The molecule has 4 atom stereocenters. The van der Waals surface area contributed by atoms with Gasteiger partial charge < -0.3 is 18.9 Å². The highest BCUT2D eigenvalue weighted by molar-refractivity contribution is 6.02. The molecular formula is C33H32F2N4O6. The number of aryl methyl sites for hydroxylation is 1. The van der Waals surface area contributed by atoms with Crippen LogP contribution in [0.25, 0.3) is 32.9 Å². The highest BCUT2D eigenvalue weighted by atomic mass is 19.1. The van der Waals surface area contributed by atoms with Crippen LogP contribution in [0.4, 0.5) is 13.6 Å². The predicted octanol–water partition coefficient (Wildman–Crippen LogP) is 5.15. The predicted molar refractivity (Wildman–Crippen MR) is 160 cm³/mol. The Morgan fingerprint density at radius 3 is 2.60 bits per heavy atom. The van der Waals surface area contributed by atoms with Crippen molar-refractivity contribution in [2.75, 3.05) is 27.6 Å². The Bertz CT molecular complexity index is 1910. The van der Waals surface area contributed by atoms with E-state index in [1.54, 1.807) is 40.0 Å². The molecule has 1 aliphatic heterocycles. The molecule has 0 bridgehead atoms. The fourth-order valence-corrected chi connectivity index (χ4v) is 6.55. The van der Waals surface area contributed by atoms with Crippen molar-refractivity contribution in [3.63, 3.8) is 0 Å². The number of piperidine rings is 1. The standard InChI is InChI=1S/C33H32F2N4O6/c1-8-18-22(34)10-9-16-11-17(44-15-42-6)12-19(23(16)18)28-26(35)29-20(13-36-28)27(37-38(29)5)24-21-14-39(32(41)45-33(2,3)4)30(25(21)24)31(40)43-7/h1,9-13,21,24-25,30H,14-15H2,2-7H3/t21?,24-,25?,30+/m0/s1. The number of terminal acetylenes is 1. The molecule has 0 radical (unpaired) electrons. The first-order valence-corrected chi connectivity index (χ1v) is 14.3. The molecule has 0 N–H and O–H groups in total. The van der Waals surface area contributed by atoms with Gasteiger partial charge in [0.2, 0.25) is 0 Å². The molecule has 1 aliphatic carbocycles. The first-order chi connectivity index (χ1) is 21.4. The van der Waals surface area contributed by atoms with Crippen molar-refractivity contribution in [1.29, 1.82) is 0 Å². The lowest BCUT2D eigenvalue weighted by atomic mass is 9.95. The number of nitrogens with zero attached hydrogens (tertiary/aromatic N) is 4. The molecule has 45 heavy (non-hydrogen) atoms. The zero-order valence-corrected chi connectivity index (χ0v) is 25.7. The third kappa shape index (κ3) is 5.01. The van der Waals surface area contributed by atoms with Gasteiger partial charge in [0.1, 0.15) is 34.4 Å². The average molecular weight is 619 g/mol. The van der Waals surface area contributed by atoms with Gasteiger partial charge in [-0.05, 0) is 50.3 Å². The summed E-state index contributed by atoms with van der Waals surface area (Å²) in [7, 11) is 4.36. The second kappa shape index (κ2) is 11.0. The van der Waals surface area contributed by atoms with E-state index in [4.69, 9.17) is 25.4 Å². The van der Waals surface area contributed by atoms with E-state index in [2.05, 4.69) is 16.0 Å². The van der Waals surface area contributed by atoms with Crippen LogP contribution >= 0.6 is 0 Å². The number of pyridine rings is 1. The number of esters is 1. The maximum Gasteiger partial charge on any atom is 0.411 e. The van der Waals surface area contributed by atoms with Crippen molar-refractivity contribution in [1.82, 2.24) is 19.7 Å². The van der Waals surface area contributed by atoms with Crippen molar-refractivity contribution in [3.05, 3.63) is 53.4 Å². The minimum Gasteiger partial charge on any atom is -0.468 e. The van der Waals surface area contributed by atoms with Gasteiger partial charge in [-0.25, -0.2) is 18.4 Å². The first-order valence-electron chi connectivity index (χ1n) is 14.3. The van der Waals surface area contributed by atoms with E-state index in [0.717, 1.165) is 0 Å². The number of carbonyl (C=O) groups is 2. The largest absolute Gasteiger partial charge is 0.468 e. The fraction of sp³-hybridized carbons (Fsp3) is 0.394. The number of carbonyl (C=O) groups excluding carboxylic acids is 2. The van der Waals surface area contributed by atoms with Gasteiger partial charge in [-0.15, -0.1) is 6.42 Å². The Kier molecular flexibility index (Phi) is 7.40. The molecule has 234 valence electrons. The zero-order valence-electron chi connectivity index (χ0n) is 25.7. The zero-order chi connectivity index (χ0) is 32.4. The monoisotopic (exact) mass is 618 g/mol. The average Bonchev–Trinajstić information content (AvgIpc) is 3.35. The topological polar surface area (TPSA) is 105 Å². The van der Waals surface area contributed by atoms with Gasteiger partial charge in [-0.1, -0.05) is 12.0 Å². The van der Waals surface area contributed by atoms with Crippen LogP contribution in [0.15, 0.2) is 30.5 Å². The fourth-order valence-electron chi connectivity index (χ4n) is 6.55. The van der Waals surface area contributed by atoms with E-state index in [1.807, 2.05) is 0 Å². The minimum absolute atomic E-state index is 0.0259. The lowest BCUT2D eigenvalue weighted by Gasteiger charge is -2.29. The van der Waals surface area contributed by atoms with Crippen molar-refractivity contribution in [3.8, 4) is 29.4 Å². The van der Waals surface area contributed by atoms with E-state index in [0.29, 0.717) is 27.6 Å². The molecule has 2 aromatic heterocycles. The highest BCUT2D eigenvalue weighted by Crippen LogP contribution is 2.62. The molecule has 2 aromatic carbocycles. The van der Waals surface area contributed by atoms with Gasteiger partial charge in [0, 0.05) is 55.1 Å². The van der Waals surface area contributed by atoms with Crippen molar-refractivity contribution in [2.24, 2.45) is 18.9 Å². The summed E-state index contributed by atoms with van der Waals surface area (Å²) in [5.41, 5.74) is 0.156. The van der Waals surface area contributed by atoms with E-state index < -0.39 is 35.3 Å². The number of aromatic nitrogens is 3. The summed E-state index contributed by atoms with van der Waals surface area (Å²) in [6.07, 6.45) is 6.61. The van der Waals surface area contributed by atoms with E-state index in [9.17, 15) is 14.0 Å². The Balaban J connectivity index is 1.43. The second-order valence-electron chi connectivity index (χ2n) is 12.2. The Morgan fingerprint density at radius 2 is 1.93 bits per heavy atom. The summed E-state index contributed by atoms with van der Waals surface area (Å²) in [5.74, 6) is 0.250. The van der Waals surface area contributed by atoms with Gasteiger partial charge in [0.05, 0.1) is 18.4 Å². The smallest absolute Gasteiger partial charge is 0.411 e. The molecule has 0 spiro atoms. The first kappa shape index (κ1) is 30.3. The van der Waals surface area contributed by atoms with Crippen molar-refractivity contribution in [2.45, 2.75) is 38.3 Å². The molecule has 4 aromatic rings. The number of ether oxygens (including phenoxy) is 4. The maximum atomic E-state index is 16.6. The maximum absolute atomic E-state index is 16.6. The summed E-state index contributed by atoms with van der Waals surface area (Å²) in [6, 6.07) is 5.14. The van der Waals surface area contributed by atoms with Crippen LogP contribution in [0.3, 0.4) is 0 Å². The lowest BCUT2D eigenvalue weighted by Crippen LogP contribution is -2.46. The van der Waals surface area contributed by atoms with E-state index >= 15 is 4.39 Å². The molecule has 1 saturated heterocycles. The quantitative estimate of drug-likeness (QED) is 0.166. The SMILES string of the molecule is C#Cc1c(F)ccc2cc(OCOC)cc(-c3ncc4c([C@H]5C6CN(C(=O)OC(C)(C)C)[C@@H](C(=O)OC)C65)nn(C)c4c3F)c12. The van der Waals surface area contributed by atoms with Crippen LogP contribution in [0.2, 0.25) is 0 Å². The molecule has 2 aliphatic rings. The van der Waals surface area contributed by atoms with Crippen LogP contribution in [0.1, 0.15) is 37.9 Å². The van der Waals surface area contributed by atoms with Gasteiger partial charge in [-0.2, -0.15) is 5.10 Å². The Hall–Kier alpha value is -4.76. The Labute approximate surface area is 258 Å².